The van der Waals surface area contributed by atoms with E-state index in [1.54, 1.807) is 12.1 Å². The number of para-hydroxylation sites is 2. The third-order valence-electron chi connectivity index (χ3n) is 3.14. The second-order valence-electron chi connectivity index (χ2n) is 4.64. The van der Waals surface area contributed by atoms with Crippen LogP contribution >= 0.6 is 11.6 Å². The maximum Gasteiger partial charge on any atom is 0.203 e. The minimum absolute atomic E-state index is 0.0570. The van der Waals surface area contributed by atoms with Gasteiger partial charge in [-0.05, 0) is 30.7 Å². The number of fused-ring (bicyclic) bond motifs is 1. The van der Waals surface area contributed by atoms with Crippen LogP contribution in [0.5, 0.6) is 0 Å². The normalized spacial score (nSPS) is 10.9. The second kappa shape index (κ2) is 5.10. The van der Waals surface area contributed by atoms with E-state index in [1.165, 1.54) is 0 Å². The van der Waals surface area contributed by atoms with Crippen LogP contribution in [-0.2, 0) is 6.42 Å². The molecule has 20 heavy (non-hydrogen) atoms. The van der Waals surface area contributed by atoms with E-state index in [4.69, 9.17) is 16.0 Å². The van der Waals surface area contributed by atoms with Crippen LogP contribution in [0, 0.1) is 6.92 Å². The standard InChI is InChI=1S/C16H12ClNO2/c1-10-6-7-11(8-12(10)17)14(19)9-16-18-13-4-2-3-5-15(13)20-16/h2-8H,9H2,1H3. The van der Waals surface area contributed by atoms with Crippen LogP contribution in [0.15, 0.2) is 46.9 Å². The first kappa shape index (κ1) is 12.9. The summed E-state index contributed by atoms with van der Waals surface area (Å²) in [5, 5.41) is 0.591. The number of carbonyl (C=O) groups is 1. The van der Waals surface area contributed by atoms with E-state index in [9.17, 15) is 4.79 Å². The Morgan fingerprint density at radius 2 is 2.05 bits per heavy atom. The molecule has 0 saturated heterocycles. The number of aryl methyl sites for hydroxylation is 1. The van der Waals surface area contributed by atoms with Crippen molar-refractivity contribution in [3.8, 4) is 0 Å². The Bertz CT molecular complexity index is 759. The minimum Gasteiger partial charge on any atom is -0.440 e. The number of ketones is 1. The first-order valence-electron chi connectivity index (χ1n) is 6.27. The molecule has 1 aromatic heterocycles. The van der Waals surface area contributed by atoms with Gasteiger partial charge in [0.2, 0.25) is 5.89 Å². The molecule has 0 saturated carbocycles. The molecule has 0 aliphatic rings. The third kappa shape index (κ3) is 2.45. The fourth-order valence-electron chi connectivity index (χ4n) is 2.00. The van der Waals surface area contributed by atoms with Gasteiger partial charge in [0.15, 0.2) is 11.4 Å². The minimum atomic E-state index is -0.0570. The average molecular weight is 286 g/mol. The van der Waals surface area contributed by atoms with Crippen molar-refractivity contribution < 1.29 is 9.21 Å². The molecule has 0 spiro atoms. The van der Waals surface area contributed by atoms with Crippen molar-refractivity contribution in [2.75, 3.05) is 0 Å². The molecule has 1 heterocycles. The molecule has 3 nitrogen and oxygen atoms in total. The highest BCUT2D eigenvalue weighted by Gasteiger charge is 2.13. The van der Waals surface area contributed by atoms with E-state index < -0.39 is 0 Å². The van der Waals surface area contributed by atoms with Crippen molar-refractivity contribution in [3.05, 3.63) is 64.5 Å². The van der Waals surface area contributed by atoms with Crippen LogP contribution in [0.1, 0.15) is 21.8 Å². The number of aromatic nitrogens is 1. The van der Waals surface area contributed by atoms with Crippen LogP contribution in [0.25, 0.3) is 11.1 Å². The van der Waals surface area contributed by atoms with Gasteiger partial charge < -0.3 is 4.42 Å². The monoisotopic (exact) mass is 285 g/mol. The number of oxazole rings is 1. The predicted octanol–water partition coefficient (Wildman–Crippen LogP) is 4.22. The quantitative estimate of drug-likeness (QED) is 0.677. The predicted molar refractivity (Wildman–Crippen MR) is 78.2 cm³/mol. The van der Waals surface area contributed by atoms with E-state index in [0.29, 0.717) is 22.1 Å². The number of hydrogen-bond acceptors (Lipinski definition) is 3. The summed E-state index contributed by atoms with van der Waals surface area (Å²) in [4.78, 5) is 16.5. The van der Waals surface area contributed by atoms with E-state index in [0.717, 1.165) is 11.1 Å². The number of nitrogens with zero attached hydrogens (tertiary/aromatic N) is 1. The van der Waals surface area contributed by atoms with E-state index in [1.807, 2.05) is 37.3 Å². The first-order valence-corrected chi connectivity index (χ1v) is 6.65. The molecule has 3 rings (SSSR count). The topological polar surface area (TPSA) is 43.1 Å². The molecule has 0 amide bonds. The van der Waals surface area contributed by atoms with E-state index in [2.05, 4.69) is 4.98 Å². The lowest BCUT2D eigenvalue weighted by molar-refractivity contribution is 0.0986. The molecule has 0 fully saturated rings. The zero-order valence-corrected chi connectivity index (χ0v) is 11.6. The van der Waals surface area contributed by atoms with Gasteiger partial charge in [-0.3, -0.25) is 4.79 Å². The summed E-state index contributed by atoms with van der Waals surface area (Å²) in [6, 6.07) is 12.7. The highest BCUT2D eigenvalue weighted by Crippen LogP contribution is 2.19. The Morgan fingerprint density at radius 1 is 1.25 bits per heavy atom. The summed E-state index contributed by atoms with van der Waals surface area (Å²) in [5.41, 5.74) is 2.97. The molecule has 0 atom stereocenters. The number of halogens is 1. The SMILES string of the molecule is Cc1ccc(C(=O)Cc2nc3ccccc3o2)cc1Cl. The third-order valence-corrected chi connectivity index (χ3v) is 3.55. The Labute approximate surface area is 121 Å². The van der Waals surface area contributed by atoms with E-state index >= 15 is 0 Å². The largest absolute Gasteiger partial charge is 0.440 e. The molecule has 100 valence electrons. The van der Waals surface area contributed by atoms with Gasteiger partial charge in [0, 0.05) is 10.6 Å². The van der Waals surface area contributed by atoms with Crippen molar-refractivity contribution in [1.29, 1.82) is 0 Å². The van der Waals surface area contributed by atoms with Gasteiger partial charge in [0.05, 0.1) is 6.42 Å². The average Bonchev–Trinajstić information content (AvgIpc) is 2.83. The molecule has 4 heteroatoms. The van der Waals surface area contributed by atoms with Gasteiger partial charge in [-0.25, -0.2) is 4.98 Å². The summed E-state index contributed by atoms with van der Waals surface area (Å²) in [7, 11) is 0. The van der Waals surface area contributed by atoms with Crippen molar-refractivity contribution >= 4 is 28.5 Å². The summed E-state index contributed by atoms with van der Waals surface area (Å²) in [5.74, 6) is 0.367. The molecular weight excluding hydrogens is 274 g/mol. The van der Waals surface area contributed by atoms with Crippen LogP contribution in [0.2, 0.25) is 5.02 Å². The van der Waals surface area contributed by atoms with Crippen molar-refractivity contribution in [2.45, 2.75) is 13.3 Å². The van der Waals surface area contributed by atoms with Gasteiger partial charge in [-0.2, -0.15) is 0 Å². The molecule has 0 radical (unpaired) electrons. The number of Topliss-reactive ketones (excluding diaryl/α,β-unsaturated/α-hetero) is 1. The fourth-order valence-corrected chi connectivity index (χ4v) is 2.18. The van der Waals surface area contributed by atoms with Crippen LogP contribution in [0.3, 0.4) is 0 Å². The highest BCUT2D eigenvalue weighted by molar-refractivity contribution is 6.31. The van der Waals surface area contributed by atoms with Gasteiger partial charge in [0.25, 0.3) is 0 Å². The smallest absolute Gasteiger partial charge is 0.203 e. The molecule has 2 aromatic carbocycles. The number of rotatable bonds is 3. The molecular formula is C16H12ClNO2. The number of benzene rings is 2. The van der Waals surface area contributed by atoms with Gasteiger partial charge in [-0.1, -0.05) is 35.9 Å². The Kier molecular flexibility index (Phi) is 3.28. The lowest BCUT2D eigenvalue weighted by Gasteiger charge is -2.01. The summed E-state index contributed by atoms with van der Waals surface area (Å²) < 4.78 is 5.55. The van der Waals surface area contributed by atoms with E-state index in [-0.39, 0.29) is 12.2 Å². The summed E-state index contributed by atoms with van der Waals surface area (Å²) >= 11 is 6.03. The molecule has 0 N–H and O–H groups in total. The van der Waals surface area contributed by atoms with Gasteiger partial charge in [0.1, 0.15) is 5.52 Å². The zero-order chi connectivity index (χ0) is 14.1. The summed E-state index contributed by atoms with van der Waals surface area (Å²) in [6.45, 7) is 1.90. The fraction of sp³-hybridized carbons (Fsp3) is 0.125. The molecule has 3 aromatic rings. The van der Waals surface area contributed by atoms with Crippen molar-refractivity contribution in [3.63, 3.8) is 0 Å². The van der Waals surface area contributed by atoms with Crippen LogP contribution < -0.4 is 0 Å². The Balaban J connectivity index is 1.86. The number of hydrogen-bond donors (Lipinski definition) is 0. The van der Waals surface area contributed by atoms with Crippen molar-refractivity contribution in [2.24, 2.45) is 0 Å². The second-order valence-corrected chi connectivity index (χ2v) is 5.05. The molecule has 0 aliphatic heterocycles. The molecule has 0 bridgehead atoms. The molecule has 0 aliphatic carbocycles. The maximum atomic E-state index is 12.2. The Morgan fingerprint density at radius 3 is 2.80 bits per heavy atom. The zero-order valence-electron chi connectivity index (χ0n) is 10.9. The van der Waals surface area contributed by atoms with Crippen LogP contribution in [0.4, 0.5) is 0 Å². The number of carbonyl (C=O) groups excluding carboxylic acids is 1. The van der Waals surface area contributed by atoms with Crippen molar-refractivity contribution in [1.82, 2.24) is 4.98 Å². The Hall–Kier alpha value is -2.13. The lowest BCUT2D eigenvalue weighted by Crippen LogP contribution is -2.03. The van der Waals surface area contributed by atoms with Gasteiger partial charge in [-0.15, -0.1) is 0 Å². The first-order chi connectivity index (χ1) is 9.63. The maximum absolute atomic E-state index is 12.2. The van der Waals surface area contributed by atoms with Crippen LogP contribution in [-0.4, -0.2) is 10.8 Å². The molecule has 0 unspecified atom stereocenters. The highest BCUT2D eigenvalue weighted by atomic mass is 35.5. The summed E-state index contributed by atoms with van der Waals surface area (Å²) in [6.07, 6.45) is 0.133. The lowest BCUT2D eigenvalue weighted by atomic mass is 10.1. The van der Waals surface area contributed by atoms with Gasteiger partial charge >= 0.3 is 0 Å².